The average Bonchev–Trinajstić information content (AvgIpc) is 3.40. The molecule has 0 unspecified atom stereocenters. The summed E-state index contributed by atoms with van der Waals surface area (Å²) in [6, 6.07) is 0.410. The number of nitrogens with zero attached hydrogens (tertiary/aromatic N) is 1. The highest BCUT2D eigenvalue weighted by Crippen LogP contribution is 2.45. The number of unbranched alkanes of at least 4 members (excludes halogenated alkanes) is 12. The summed E-state index contributed by atoms with van der Waals surface area (Å²) in [7, 11) is 0. The van der Waals surface area contributed by atoms with Crippen LogP contribution >= 0.6 is 0 Å². The van der Waals surface area contributed by atoms with Crippen LogP contribution in [0.3, 0.4) is 0 Å². The molecular formula is C41H68N3O6+. The number of guanidine groups is 1. The number of hydrogen-bond donors (Lipinski definition) is 2. The molecule has 9 heteroatoms. The van der Waals surface area contributed by atoms with Crippen molar-refractivity contribution in [1.29, 1.82) is 0 Å². The van der Waals surface area contributed by atoms with Crippen LogP contribution in [0, 0.1) is 5.92 Å². The first kappa shape index (κ1) is 38.8. The summed E-state index contributed by atoms with van der Waals surface area (Å²) in [4.78, 5) is 25.5. The predicted octanol–water partition coefficient (Wildman–Crippen LogP) is 7.96. The lowest BCUT2D eigenvalue weighted by molar-refractivity contribution is -0.609. The van der Waals surface area contributed by atoms with E-state index in [9.17, 15) is 9.59 Å². The van der Waals surface area contributed by atoms with Crippen LogP contribution in [-0.4, -0.2) is 71.4 Å². The second-order valence-electron chi connectivity index (χ2n) is 15.7. The SMILES string of the molecule is C=CCOC(=O)CCCCCCCCCCCCCCCOC(=O)[C@@H]1[C@@H]2CC[C@H]3C[C@@]4(CCC=C[C@H](CC)O4)NC(=[N+]32)N[C@@]12CCC[C@@H](C)O2. The number of carbonyl (C=O) groups is 2. The number of nitrogens with one attached hydrogen (secondary N) is 2. The molecule has 0 bridgehead atoms. The Morgan fingerprint density at radius 1 is 0.920 bits per heavy atom. The van der Waals surface area contributed by atoms with E-state index in [1.54, 1.807) is 6.08 Å². The molecule has 2 saturated heterocycles. The van der Waals surface area contributed by atoms with Gasteiger partial charge in [0.25, 0.3) is 0 Å². The molecule has 282 valence electrons. The van der Waals surface area contributed by atoms with Gasteiger partial charge in [-0.25, -0.2) is 10.6 Å². The Kier molecular flexibility index (Phi) is 15.1. The molecule has 5 aliphatic rings. The minimum Gasteiger partial charge on any atom is -0.465 e. The van der Waals surface area contributed by atoms with Crippen LogP contribution in [0.2, 0.25) is 0 Å². The zero-order chi connectivity index (χ0) is 35.2. The number of esters is 2. The lowest BCUT2D eigenvalue weighted by Crippen LogP contribution is -2.76. The Hall–Kier alpha value is -2.39. The van der Waals surface area contributed by atoms with Crippen LogP contribution in [0.25, 0.3) is 0 Å². The third kappa shape index (κ3) is 10.4. The van der Waals surface area contributed by atoms with E-state index in [1.165, 1.54) is 57.8 Å². The smallest absolute Gasteiger partial charge is 0.350 e. The Bertz CT molecular complexity index is 1170. The highest BCUT2D eigenvalue weighted by Gasteiger charge is 2.64. The molecule has 0 saturated carbocycles. The molecular weight excluding hydrogens is 630 g/mol. The van der Waals surface area contributed by atoms with Crippen molar-refractivity contribution in [3.8, 4) is 0 Å². The number of allylic oxidation sites excluding steroid dienone is 1. The van der Waals surface area contributed by atoms with Crippen molar-refractivity contribution >= 4 is 17.9 Å². The summed E-state index contributed by atoms with van der Waals surface area (Å²) < 4.78 is 27.1. The van der Waals surface area contributed by atoms with Gasteiger partial charge >= 0.3 is 17.9 Å². The first-order valence-corrected chi connectivity index (χ1v) is 20.6. The van der Waals surface area contributed by atoms with Gasteiger partial charge in [-0.05, 0) is 58.3 Å². The maximum atomic E-state index is 14.0. The molecule has 0 aromatic rings. The van der Waals surface area contributed by atoms with Crippen LogP contribution < -0.4 is 10.6 Å². The normalized spacial score (nSPS) is 31.5. The fourth-order valence-corrected chi connectivity index (χ4v) is 9.20. The fraction of sp³-hybridized carbons (Fsp3) is 0.829. The van der Waals surface area contributed by atoms with E-state index in [0.717, 1.165) is 89.4 Å². The summed E-state index contributed by atoms with van der Waals surface area (Å²) >= 11 is 0. The van der Waals surface area contributed by atoms with Crippen molar-refractivity contribution in [3.63, 3.8) is 0 Å². The molecule has 2 N–H and O–H groups in total. The quantitative estimate of drug-likeness (QED) is 0.0572. The van der Waals surface area contributed by atoms with Gasteiger partial charge in [-0.2, -0.15) is 0 Å². The average molecular weight is 699 g/mol. The van der Waals surface area contributed by atoms with Crippen LogP contribution in [0.5, 0.6) is 0 Å². The minimum absolute atomic E-state index is 0.0722. The van der Waals surface area contributed by atoms with Gasteiger partial charge < -0.3 is 18.9 Å². The van der Waals surface area contributed by atoms with Crippen LogP contribution in [0.15, 0.2) is 24.8 Å². The molecule has 5 aliphatic heterocycles. The zero-order valence-electron chi connectivity index (χ0n) is 31.4. The summed E-state index contributed by atoms with van der Waals surface area (Å²) in [5, 5.41) is 7.66. The van der Waals surface area contributed by atoms with Crippen LogP contribution in [-0.2, 0) is 28.5 Å². The number of hydrogen-bond acceptors (Lipinski definition) is 8. The number of ether oxygens (including phenoxy) is 4. The minimum atomic E-state index is -0.750. The molecule has 9 nitrogen and oxygen atoms in total. The number of rotatable bonds is 20. The second-order valence-corrected chi connectivity index (χ2v) is 15.7. The van der Waals surface area contributed by atoms with Gasteiger partial charge in [-0.15, -0.1) is 0 Å². The van der Waals surface area contributed by atoms with Crippen molar-refractivity contribution in [1.82, 2.24) is 10.6 Å². The number of carbonyl (C=O) groups excluding carboxylic acids is 2. The van der Waals surface area contributed by atoms with Gasteiger partial charge in [0, 0.05) is 25.7 Å². The largest absolute Gasteiger partial charge is 0.465 e. The predicted molar refractivity (Wildman–Crippen MR) is 197 cm³/mol. The molecule has 5 heterocycles. The third-order valence-electron chi connectivity index (χ3n) is 11.7. The Morgan fingerprint density at radius 3 is 2.30 bits per heavy atom. The van der Waals surface area contributed by atoms with Gasteiger partial charge in [0.1, 0.15) is 6.61 Å². The van der Waals surface area contributed by atoms with E-state index in [2.05, 4.69) is 47.8 Å². The Balaban J connectivity index is 1.00. The first-order valence-electron chi connectivity index (χ1n) is 20.6. The van der Waals surface area contributed by atoms with E-state index >= 15 is 0 Å². The maximum Gasteiger partial charge on any atom is 0.350 e. The lowest BCUT2D eigenvalue weighted by atomic mass is 9.80. The lowest BCUT2D eigenvalue weighted by Gasteiger charge is -2.50. The van der Waals surface area contributed by atoms with E-state index < -0.39 is 11.4 Å². The molecule has 7 atom stereocenters. The summed E-state index contributed by atoms with van der Waals surface area (Å²) in [5.74, 6) is 0.445. The maximum absolute atomic E-state index is 14.0. The molecule has 0 amide bonds. The fourth-order valence-electron chi connectivity index (χ4n) is 9.20. The Labute approximate surface area is 302 Å². The van der Waals surface area contributed by atoms with Crippen molar-refractivity contribution in [2.24, 2.45) is 5.92 Å². The summed E-state index contributed by atoms with van der Waals surface area (Å²) in [6.45, 7) is 8.70. The van der Waals surface area contributed by atoms with Crippen molar-refractivity contribution < 1.29 is 33.1 Å². The molecule has 2 spiro atoms. The molecule has 0 aromatic heterocycles. The van der Waals surface area contributed by atoms with Crippen LogP contribution in [0.4, 0.5) is 0 Å². The molecule has 2 fully saturated rings. The topological polar surface area (TPSA) is 98.1 Å². The standard InChI is InChI=1S/C41H67N3O6/c1-4-29-47-36(45)24-17-15-13-11-9-7-6-8-10-12-14-16-20-30-48-38(46)37-35-26-25-33-31-40(27-19-18-23-34(5-2)50-40)42-39(44(33)35)43-41(37)28-21-22-32(3)49-41/h4,18,23,32-35,37H,1,5-17,19-22,24-31H2,2-3H3,(H,42,43)/p+1/t32-,33+,34+,35+,37+,40+,41-/m1/s1. The van der Waals surface area contributed by atoms with Gasteiger partial charge in [0.05, 0.1) is 30.9 Å². The summed E-state index contributed by atoms with van der Waals surface area (Å²) in [5.41, 5.74) is -1.15. The van der Waals surface area contributed by atoms with E-state index in [-0.39, 0.29) is 36.1 Å². The second kappa shape index (κ2) is 19.4. The highest BCUT2D eigenvalue weighted by atomic mass is 16.6. The van der Waals surface area contributed by atoms with E-state index in [1.807, 2.05) is 0 Å². The Morgan fingerprint density at radius 2 is 1.62 bits per heavy atom. The summed E-state index contributed by atoms with van der Waals surface area (Å²) in [6.07, 6.45) is 31.0. The van der Waals surface area contributed by atoms with Gasteiger partial charge in [-0.3, -0.25) is 14.2 Å². The highest BCUT2D eigenvalue weighted by molar-refractivity contribution is 5.82. The van der Waals surface area contributed by atoms with Gasteiger partial charge in [0.15, 0.2) is 11.6 Å². The van der Waals surface area contributed by atoms with Gasteiger partial charge in [-0.1, -0.05) is 102 Å². The zero-order valence-corrected chi connectivity index (χ0v) is 31.4. The molecule has 0 aromatic carbocycles. The van der Waals surface area contributed by atoms with E-state index in [4.69, 9.17) is 18.9 Å². The molecule has 50 heavy (non-hydrogen) atoms. The van der Waals surface area contributed by atoms with Crippen LogP contribution in [0.1, 0.15) is 162 Å². The molecule has 0 aliphatic carbocycles. The van der Waals surface area contributed by atoms with Crippen molar-refractivity contribution in [2.45, 2.75) is 197 Å². The first-order chi connectivity index (χ1) is 24.4. The monoisotopic (exact) mass is 699 g/mol. The van der Waals surface area contributed by atoms with Crippen molar-refractivity contribution in [2.75, 3.05) is 13.2 Å². The van der Waals surface area contributed by atoms with Gasteiger partial charge in [0.2, 0.25) is 5.72 Å². The molecule has 0 radical (unpaired) electrons. The molecule has 5 rings (SSSR count). The van der Waals surface area contributed by atoms with Crippen molar-refractivity contribution in [3.05, 3.63) is 24.8 Å². The third-order valence-corrected chi connectivity index (χ3v) is 11.7. The van der Waals surface area contributed by atoms with E-state index in [0.29, 0.717) is 25.7 Å².